The van der Waals surface area contributed by atoms with Crippen molar-refractivity contribution >= 4 is 21.5 Å². The first-order chi connectivity index (χ1) is 10.8. The smallest absolute Gasteiger partial charge is 0 e. The predicted octanol–water partition coefficient (Wildman–Crippen LogP) is 9.78. The van der Waals surface area contributed by atoms with Gasteiger partial charge in [0.1, 0.15) is 0 Å². The molecule has 0 saturated heterocycles. The second kappa shape index (κ2) is 20.8. The number of rotatable bonds is 2. The zero-order valence-electron chi connectivity index (χ0n) is 20.8. The van der Waals surface area contributed by atoms with Crippen molar-refractivity contribution in [2.75, 3.05) is 0 Å². The fourth-order valence-corrected chi connectivity index (χ4v) is 2.96. The Morgan fingerprint density at radius 1 is 0.733 bits per heavy atom. The predicted molar refractivity (Wildman–Crippen MR) is 143 cm³/mol. The van der Waals surface area contributed by atoms with E-state index in [-0.39, 0.29) is 77.8 Å². The van der Waals surface area contributed by atoms with Crippen molar-refractivity contribution in [3.05, 3.63) is 136 Å². The molecule has 0 aromatic heterocycles. The summed E-state index contributed by atoms with van der Waals surface area (Å²) in [7, 11) is 0. The third-order valence-corrected chi connectivity index (χ3v) is 4.39. The van der Waals surface area contributed by atoms with E-state index in [2.05, 4.69) is 62.4 Å². The van der Waals surface area contributed by atoms with Gasteiger partial charge in [-0.15, -0.1) is 28.5 Å². The van der Waals surface area contributed by atoms with E-state index in [9.17, 15) is 0 Å². The summed E-state index contributed by atoms with van der Waals surface area (Å²) in [6.07, 6.45) is 1.20. The Morgan fingerprint density at radius 2 is 1.27 bits per heavy atom. The SMILES string of the molecule is CCC(C)[c-]1ccc2ccc3ccccc3c21.[CH3-].[CH3-].[CH3-].[CH3-].[CH3-].[CH3-].[CH3-].[Hf].c1cc[cH-]c1. The van der Waals surface area contributed by atoms with E-state index in [1.165, 1.54) is 33.5 Å². The standard InChI is InChI=1S/C17H17.C5H5.7CH3.Hf/c1-3-12(2)15-11-10-14-9-8-13-6-4-5-7-16(13)17(14)15;1-2-4-5-3-1;;;;;;;;/h4-12H,3H2,1-2H3;1-5H;7*1H3;/q9*-1;. The number of benzene rings is 2. The fourth-order valence-electron chi connectivity index (χ4n) is 2.96. The number of hydrogen-bond donors (Lipinski definition) is 0. The molecule has 4 rings (SSSR count). The molecule has 1 heteroatoms. The maximum atomic E-state index is 2.32. The molecule has 0 bridgehead atoms. The molecule has 0 spiro atoms. The average Bonchev–Trinajstić information content (AvgIpc) is 3.26. The fraction of sp³-hybridized carbons (Fsp3) is 0.138. The van der Waals surface area contributed by atoms with E-state index in [4.69, 9.17) is 0 Å². The van der Waals surface area contributed by atoms with Gasteiger partial charge in [-0.05, 0) is 0 Å². The molecule has 0 heterocycles. The summed E-state index contributed by atoms with van der Waals surface area (Å²) in [4.78, 5) is 0. The minimum Gasteiger partial charge on any atom is -0.358 e. The largest absolute Gasteiger partial charge is 0.358 e. The molecule has 0 N–H and O–H groups in total. The molecule has 4 aromatic rings. The van der Waals surface area contributed by atoms with Gasteiger partial charge in [0, 0.05) is 25.8 Å². The minimum atomic E-state index is 0. The number of hydrogen-bond acceptors (Lipinski definition) is 0. The second-order valence-electron chi connectivity index (χ2n) is 5.81. The first-order valence-corrected chi connectivity index (χ1v) is 8.05. The van der Waals surface area contributed by atoms with Gasteiger partial charge in [-0.2, -0.15) is 24.3 Å². The van der Waals surface area contributed by atoms with Crippen LogP contribution in [0, 0.1) is 52.0 Å². The van der Waals surface area contributed by atoms with E-state index in [0.717, 1.165) is 0 Å². The van der Waals surface area contributed by atoms with Gasteiger partial charge in [0.05, 0.1) is 0 Å². The van der Waals surface area contributed by atoms with Gasteiger partial charge in [0.25, 0.3) is 0 Å². The Kier molecular flexibility index (Phi) is 29.5. The van der Waals surface area contributed by atoms with Crippen LogP contribution in [-0.4, -0.2) is 0 Å². The molecular formula is C29H43Hf-9. The van der Waals surface area contributed by atoms with Crippen molar-refractivity contribution in [1.29, 1.82) is 0 Å². The molecule has 0 saturated carbocycles. The van der Waals surface area contributed by atoms with Crippen LogP contribution in [0.5, 0.6) is 0 Å². The monoisotopic (exact) mass is 571 g/mol. The van der Waals surface area contributed by atoms with Crippen LogP contribution < -0.4 is 0 Å². The molecule has 0 aliphatic heterocycles. The molecule has 1 atom stereocenters. The van der Waals surface area contributed by atoms with Crippen LogP contribution in [0.25, 0.3) is 21.5 Å². The van der Waals surface area contributed by atoms with Crippen molar-refractivity contribution in [2.45, 2.75) is 26.2 Å². The van der Waals surface area contributed by atoms with Crippen LogP contribution in [0.15, 0.2) is 78.9 Å². The third-order valence-electron chi connectivity index (χ3n) is 4.39. The van der Waals surface area contributed by atoms with Gasteiger partial charge < -0.3 is 52.0 Å². The van der Waals surface area contributed by atoms with Gasteiger partial charge in [-0.3, -0.25) is 0 Å². The van der Waals surface area contributed by atoms with Gasteiger partial charge >= 0.3 is 0 Å². The van der Waals surface area contributed by atoms with Gasteiger partial charge in [0.2, 0.25) is 0 Å². The Morgan fingerprint density at radius 3 is 1.77 bits per heavy atom. The normalized spacial score (nSPS) is 8.87. The molecule has 0 amide bonds. The molecule has 0 aliphatic rings. The van der Waals surface area contributed by atoms with Crippen molar-refractivity contribution in [1.82, 2.24) is 0 Å². The first kappa shape index (κ1) is 42.6. The Labute approximate surface area is 209 Å². The molecule has 0 fully saturated rings. The van der Waals surface area contributed by atoms with Gasteiger partial charge in [-0.1, -0.05) is 67.3 Å². The van der Waals surface area contributed by atoms with Gasteiger partial charge in [-0.25, -0.2) is 12.1 Å². The Balaban J connectivity index is -0.0000000997. The topological polar surface area (TPSA) is 0 Å². The van der Waals surface area contributed by atoms with Crippen molar-refractivity contribution < 1.29 is 25.8 Å². The maximum Gasteiger partial charge on any atom is 0 e. The molecule has 30 heavy (non-hydrogen) atoms. The molecule has 172 valence electrons. The van der Waals surface area contributed by atoms with Crippen molar-refractivity contribution in [3.63, 3.8) is 0 Å². The second-order valence-corrected chi connectivity index (χ2v) is 5.81. The van der Waals surface area contributed by atoms with Crippen molar-refractivity contribution in [2.24, 2.45) is 0 Å². The zero-order valence-corrected chi connectivity index (χ0v) is 24.4. The summed E-state index contributed by atoms with van der Waals surface area (Å²) < 4.78 is 0. The third kappa shape index (κ3) is 9.56. The molecule has 0 nitrogen and oxygen atoms in total. The Bertz CT molecular complexity index is 820. The van der Waals surface area contributed by atoms with Crippen LogP contribution in [0.2, 0.25) is 0 Å². The van der Waals surface area contributed by atoms with E-state index in [1.807, 2.05) is 30.3 Å². The summed E-state index contributed by atoms with van der Waals surface area (Å²) in [6, 6.07) is 27.7. The maximum absolute atomic E-state index is 2.32. The summed E-state index contributed by atoms with van der Waals surface area (Å²) in [5, 5.41) is 5.57. The summed E-state index contributed by atoms with van der Waals surface area (Å²) >= 11 is 0. The molecule has 4 aromatic carbocycles. The van der Waals surface area contributed by atoms with Crippen LogP contribution in [0.1, 0.15) is 31.7 Å². The van der Waals surface area contributed by atoms with Crippen molar-refractivity contribution in [3.8, 4) is 0 Å². The first-order valence-electron chi connectivity index (χ1n) is 8.05. The van der Waals surface area contributed by atoms with Crippen LogP contribution >= 0.6 is 0 Å². The molecule has 0 aliphatic carbocycles. The summed E-state index contributed by atoms with van der Waals surface area (Å²) in [5.41, 5.74) is 1.50. The van der Waals surface area contributed by atoms with E-state index in [0.29, 0.717) is 5.92 Å². The summed E-state index contributed by atoms with van der Waals surface area (Å²) in [6.45, 7) is 4.57. The molecule has 0 radical (unpaired) electrons. The van der Waals surface area contributed by atoms with E-state index >= 15 is 0 Å². The molecule has 1 unspecified atom stereocenters. The Hall–Kier alpha value is -1.47. The van der Waals surface area contributed by atoms with E-state index < -0.39 is 0 Å². The van der Waals surface area contributed by atoms with Crippen LogP contribution in [0.4, 0.5) is 0 Å². The average molecular weight is 570 g/mol. The van der Waals surface area contributed by atoms with E-state index in [1.54, 1.807) is 0 Å². The zero-order chi connectivity index (χ0) is 15.4. The quantitative estimate of drug-likeness (QED) is 0.166. The molecular weight excluding hydrogens is 527 g/mol. The van der Waals surface area contributed by atoms with Crippen LogP contribution in [-0.2, 0) is 25.8 Å². The number of fused-ring (bicyclic) bond motifs is 3. The summed E-state index contributed by atoms with van der Waals surface area (Å²) in [5.74, 6) is 0.637. The van der Waals surface area contributed by atoms with Gasteiger partial charge in [0.15, 0.2) is 0 Å². The minimum absolute atomic E-state index is 0. The van der Waals surface area contributed by atoms with Crippen LogP contribution in [0.3, 0.4) is 0 Å².